The fraction of sp³-hybridized carbons (Fsp3) is 0.759. The predicted octanol–water partition coefficient (Wildman–Crippen LogP) is 8.44. The first-order chi connectivity index (χ1) is 16.5. The Bertz CT molecular complexity index is 690. The molecule has 0 bridgehead atoms. The number of thioether (sulfide) groups is 1. The summed E-state index contributed by atoms with van der Waals surface area (Å²) in [7, 11) is -2.03. The molecule has 6 heteroatoms. The molecule has 0 aliphatic rings. The van der Waals surface area contributed by atoms with Gasteiger partial charge in [0.1, 0.15) is 5.25 Å². The van der Waals surface area contributed by atoms with Crippen LogP contribution in [-0.2, 0) is 15.0 Å². The van der Waals surface area contributed by atoms with E-state index in [4.69, 9.17) is 4.43 Å². The minimum atomic E-state index is -2.03. The number of rotatable bonds is 19. The van der Waals surface area contributed by atoms with Crippen LogP contribution in [0.2, 0.25) is 18.1 Å². The van der Waals surface area contributed by atoms with E-state index < -0.39 is 25.6 Å². The van der Waals surface area contributed by atoms with E-state index in [1.54, 1.807) is 0 Å². The normalized spacial score (nSPS) is 15.1. The Balaban J connectivity index is 2.67. The van der Waals surface area contributed by atoms with E-state index >= 15 is 0 Å². The van der Waals surface area contributed by atoms with Crippen LogP contribution in [0.1, 0.15) is 104 Å². The standard InChI is InChI=1S/C29H52O4SSi/c1-7-8-9-10-11-12-13-14-18-21-25(33-35(5,6)29(2,3)4)22-26(30)27(28(31)32)34-23-24-19-16-15-17-20-24/h15-17,19-20,25-27,30H,7-14,18,21-23H2,1-6H3,(H,31,32)/t25-,26?,27?/m1/s1. The van der Waals surface area contributed by atoms with Gasteiger partial charge in [-0.25, -0.2) is 0 Å². The number of carbonyl (C=O) groups is 1. The fourth-order valence-corrected chi connectivity index (χ4v) is 6.44. The maximum absolute atomic E-state index is 12.0. The lowest BCUT2D eigenvalue weighted by molar-refractivity contribution is -0.138. The molecule has 1 aromatic rings. The van der Waals surface area contributed by atoms with E-state index in [1.165, 1.54) is 63.1 Å². The molecule has 2 unspecified atom stereocenters. The predicted molar refractivity (Wildman–Crippen MR) is 154 cm³/mol. The Morgan fingerprint density at radius 1 is 0.971 bits per heavy atom. The first-order valence-electron chi connectivity index (χ1n) is 13.7. The summed E-state index contributed by atoms with van der Waals surface area (Å²) in [5.74, 6) is -0.381. The van der Waals surface area contributed by atoms with E-state index in [0.717, 1.165) is 18.4 Å². The molecule has 0 fully saturated rings. The highest BCUT2D eigenvalue weighted by atomic mass is 32.2. The molecular weight excluding hydrogens is 472 g/mol. The van der Waals surface area contributed by atoms with Gasteiger partial charge in [0.2, 0.25) is 0 Å². The molecule has 0 spiro atoms. The third-order valence-corrected chi connectivity index (χ3v) is 13.2. The Hall–Kier alpha value is -0.823. The highest BCUT2D eigenvalue weighted by Crippen LogP contribution is 2.38. The van der Waals surface area contributed by atoms with Gasteiger partial charge in [0.15, 0.2) is 8.32 Å². The highest BCUT2D eigenvalue weighted by Gasteiger charge is 2.40. The molecule has 3 atom stereocenters. The van der Waals surface area contributed by atoms with Crippen molar-refractivity contribution in [2.75, 3.05) is 0 Å². The molecule has 2 N–H and O–H groups in total. The van der Waals surface area contributed by atoms with E-state index in [-0.39, 0.29) is 11.1 Å². The number of hydrogen-bond acceptors (Lipinski definition) is 4. The number of aliphatic hydroxyl groups is 1. The molecule has 0 amide bonds. The molecular formula is C29H52O4SSi. The monoisotopic (exact) mass is 524 g/mol. The zero-order valence-corrected chi connectivity index (χ0v) is 25.0. The molecule has 35 heavy (non-hydrogen) atoms. The maximum atomic E-state index is 12.0. The van der Waals surface area contributed by atoms with Crippen LogP contribution in [0.5, 0.6) is 0 Å². The van der Waals surface area contributed by atoms with E-state index in [1.807, 2.05) is 30.3 Å². The highest BCUT2D eigenvalue weighted by molar-refractivity contribution is 7.99. The lowest BCUT2D eigenvalue weighted by atomic mass is 10.0. The van der Waals surface area contributed by atoms with Gasteiger partial charge in [-0.05, 0) is 36.5 Å². The van der Waals surface area contributed by atoms with Crippen LogP contribution in [-0.4, -0.2) is 42.0 Å². The first kappa shape index (κ1) is 32.2. The summed E-state index contributed by atoms with van der Waals surface area (Å²) in [6, 6.07) is 9.84. The second kappa shape index (κ2) is 16.8. The zero-order valence-electron chi connectivity index (χ0n) is 23.2. The van der Waals surface area contributed by atoms with Crippen molar-refractivity contribution in [1.29, 1.82) is 0 Å². The van der Waals surface area contributed by atoms with Crippen LogP contribution in [0.15, 0.2) is 30.3 Å². The van der Waals surface area contributed by atoms with Crippen molar-refractivity contribution in [3.05, 3.63) is 35.9 Å². The Labute approximate surface area is 220 Å². The number of unbranched alkanes of at least 4 members (excludes halogenated alkanes) is 8. The summed E-state index contributed by atoms with van der Waals surface area (Å²) < 4.78 is 6.71. The topological polar surface area (TPSA) is 66.8 Å². The number of carboxylic acid groups (broad SMARTS) is 1. The second-order valence-electron chi connectivity index (χ2n) is 11.5. The average Bonchev–Trinajstić information content (AvgIpc) is 2.77. The summed E-state index contributed by atoms with van der Waals surface area (Å²) in [5.41, 5.74) is 1.07. The van der Waals surface area contributed by atoms with Crippen molar-refractivity contribution < 1.29 is 19.4 Å². The van der Waals surface area contributed by atoms with Crippen molar-refractivity contribution in [1.82, 2.24) is 0 Å². The lowest BCUT2D eigenvalue weighted by Crippen LogP contribution is -2.45. The summed E-state index contributed by atoms with van der Waals surface area (Å²) >= 11 is 1.31. The number of benzene rings is 1. The maximum Gasteiger partial charge on any atom is 0.319 e. The quantitative estimate of drug-likeness (QED) is 0.140. The van der Waals surface area contributed by atoms with Gasteiger partial charge in [-0.2, -0.15) is 0 Å². The minimum Gasteiger partial charge on any atom is -0.480 e. The number of carboxylic acids is 1. The molecule has 0 aliphatic carbocycles. The molecule has 4 nitrogen and oxygen atoms in total. The van der Waals surface area contributed by atoms with E-state index in [0.29, 0.717) is 12.2 Å². The van der Waals surface area contributed by atoms with Crippen molar-refractivity contribution in [2.45, 2.75) is 140 Å². The molecule has 1 aromatic carbocycles. The molecule has 0 aliphatic heterocycles. The third-order valence-electron chi connectivity index (χ3n) is 7.27. The SMILES string of the molecule is CCCCCCCCCCC[C@H](CC(O)C(SCc1ccccc1)C(=O)O)O[Si](C)(C)C(C)(C)C. The number of aliphatic hydroxyl groups excluding tert-OH is 1. The van der Waals surface area contributed by atoms with Gasteiger partial charge >= 0.3 is 5.97 Å². The summed E-state index contributed by atoms with van der Waals surface area (Å²) in [6.07, 6.45) is 11.6. The number of aliphatic carboxylic acids is 1. The molecule has 0 radical (unpaired) electrons. The van der Waals surface area contributed by atoms with Crippen LogP contribution in [0, 0.1) is 0 Å². The van der Waals surface area contributed by atoms with Gasteiger partial charge in [-0.1, -0.05) is 116 Å². The van der Waals surface area contributed by atoms with Gasteiger partial charge in [-0.15, -0.1) is 11.8 Å². The Kier molecular flexibility index (Phi) is 15.5. The van der Waals surface area contributed by atoms with Gasteiger partial charge < -0.3 is 14.6 Å². The summed E-state index contributed by atoms with van der Waals surface area (Å²) in [5, 5.41) is 20.1. The van der Waals surface area contributed by atoms with Crippen LogP contribution in [0.25, 0.3) is 0 Å². The third kappa shape index (κ3) is 13.3. The Morgan fingerprint density at radius 2 is 1.51 bits per heavy atom. The van der Waals surface area contributed by atoms with Crippen molar-refractivity contribution in [3.8, 4) is 0 Å². The molecule has 0 saturated heterocycles. The van der Waals surface area contributed by atoms with Crippen LogP contribution in [0.3, 0.4) is 0 Å². The second-order valence-corrected chi connectivity index (χ2v) is 17.4. The van der Waals surface area contributed by atoms with Gasteiger partial charge in [0, 0.05) is 11.9 Å². The van der Waals surface area contributed by atoms with Crippen molar-refractivity contribution >= 4 is 26.0 Å². The van der Waals surface area contributed by atoms with Crippen molar-refractivity contribution in [2.24, 2.45) is 0 Å². The molecule has 0 aromatic heterocycles. The summed E-state index contributed by atoms with van der Waals surface area (Å²) in [6.45, 7) is 13.4. The van der Waals surface area contributed by atoms with Gasteiger partial charge in [0.05, 0.1) is 6.10 Å². The largest absolute Gasteiger partial charge is 0.480 e. The lowest BCUT2D eigenvalue weighted by Gasteiger charge is -2.40. The first-order valence-corrected chi connectivity index (χ1v) is 17.7. The number of hydrogen-bond donors (Lipinski definition) is 2. The van der Waals surface area contributed by atoms with Crippen LogP contribution < -0.4 is 0 Å². The molecule has 0 heterocycles. The van der Waals surface area contributed by atoms with Gasteiger partial charge in [0.25, 0.3) is 0 Å². The Morgan fingerprint density at radius 3 is 2.03 bits per heavy atom. The summed E-state index contributed by atoms with van der Waals surface area (Å²) in [4.78, 5) is 12.0. The van der Waals surface area contributed by atoms with E-state index in [2.05, 4.69) is 40.8 Å². The van der Waals surface area contributed by atoms with E-state index in [9.17, 15) is 15.0 Å². The zero-order chi connectivity index (χ0) is 26.3. The average molecular weight is 525 g/mol. The van der Waals surface area contributed by atoms with Crippen LogP contribution in [0.4, 0.5) is 0 Å². The van der Waals surface area contributed by atoms with Gasteiger partial charge in [-0.3, -0.25) is 4.79 Å². The van der Waals surface area contributed by atoms with Crippen molar-refractivity contribution in [3.63, 3.8) is 0 Å². The molecule has 1 rings (SSSR count). The fourth-order valence-electron chi connectivity index (χ4n) is 4.00. The molecule has 202 valence electrons. The molecule has 0 saturated carbocycles. The van der Waals surface area contributed by atoms with Crippen LogP contribution >= 0.6 is 11.8 Å². The minimum absolute atomic E-state index is 0.0724. The smallest absolute Gasteiger partial charge is 0.319 e.